The maximum Gasteiger partial charge on any atom is 0.160 e. The van der Waals surface area contributed by atoms with Gasteiger partial charge in [0.25, 0.3) is 0 Å². The minimum Gasteiger partial charge on any atom is -0.366 e. The third-order valence-electron chi connectivity index (χ3n) is 1.91. The van der Waals surface area contributed by atoms with Gasteiger partial charge in [0.2, 0.25) is 0 Å². The Kier molecular flexibility index (Phi) is 1.85. The average Bonchev–Trinajstić information content (AvgIpc) is 2.53. The summed E-state index contributed by atoms with van der Waals surface area (Å²) in [5, 5.41) is 15.4. The van der Waals surface area contributed by atoms with Crippen molar-refractivity contribution in [3.05, 3.63) is 22.0 Å². The van der Waals surface area contributed by atoms with E-state index in [1.165, 1.54) is 0 Å². The number of nitrogens with zero attached hydrogens (tertiary/aromatic N) is 3. The monoisotopic (exact) mass is 182 g/mol. The molecule has 0 spiro atoms. The van der Waals surface area contributed by atoms with E-state index >= 15 is 0 Å². The van der Waals surface area contributed by atoms with Gasteiger partial charge in [0, 0.05) is 4.91 Å². The molecule has 0 aromatic heterocycles. The summed E-state index contributed by atoms with van der Waals surface area (Å²) in [5.41, 5.74) is 14.8. The van der Waals surface area contributed by atoms with E-state index in [1.54, 1.807) is 0 Å². The number of hydrogen-bond donors (Lipinski definition) is 5. The molecule has 0 aromatic carbocycles. The Hall–Kier alpha value is -1.63. The second-order valence-corrected chi connectivity index (χ2v) is 2.72. The molecule has 2 unspecified atom stereocenters. The van der Waals surface area contributed by atoms with Crippen LogP contribution in [0.3, 0.4) is 0 Å². The number of nitrogens with one attached hydrogen (secondary N) is 4. The normalized spacial score (nSPS) is 30.8. The molecule has 2 rings (SSSR count). The van der Waals surface area contributed by atoms with Gasteiger partial charge in [0.05, 0.1) is 12.4 Å². The van der Waals surface area contributed by atoms with Gasteiger partial charge in [-0.15, -0.1) is 0 Å². The van der Waals surface area contributed by atoms with Gasteiger partial charge < -0.3 is 21.7 Å². The highest BCUT2D eigenvalue weighted by Crippen LogP contribution is 2.09. The van der Waals surface area contributed by atoms with Crippen molar-refractivity contribution in [1.29, 1.82) is 0 Å². The molecule has 0 aromatic rings. The number of rotatable bonds is 1. The van der Waals surface area contributed by atoms with Crippen molar-refractivity contribution in [3.63, 3.8) is 0 Å². The summed E-state index contributed by atoms with van der Waals surface area (Å²) in [6.45, 7) is 0.635. The summed E-state index contributed by atoms with van der Waals surface area (Å²) in [4.78, 5) is 2.68. The molecule has 0 saturated carbocycles. The zero-order valence-corrected chi connectivity index (χ0v) is 6.78. The molecule has 8 heteroatoms. The van der Waals surface area contributed by atoms with Crippen molar-refractivity contribution in [2.45, 2.75) is 12.5 Å². The van der Waals surface area contributed by atoms with E-state index in [-0.39, 0.29) is 6.17 Å². The molecule has 2 atom stereocenters. The lowest BCUT2D eigenvalue weighted by Gasteiger charge is -2.28. The maximum absolute atomic E-state index is 8.23. The molecule has 0 amide bonds. The van der Waals surface area contributed by atoms with E-state index in [2.05, 4.69) is 31.3 Å². The van der Waals surface area contributed by atoms with Crippen LogP contribution in [0.2, 0.25) is 0 Å². The molecular weight excluding hydrogens is 172 g/mol. The second-order valence-electron chi connectivity index (χ2n) is 2.72. The largest absolute Gasteiger partial charge is 0.366 e. The number of azide groups is 1. The van der Waals surface area contributed by atoms with Gasteiger partial charge in [-0.3, -0.25) is 5.32 Å². The predicted molar refractivity (Wildman–Crippen MR) is 45.3 cm³/mol. The molecule has 2 aliphatic heterocycles. The molecule has 0 aliphatic carbocycles. The molecule has 70 valence electrons. The fourth-order valence-electron chi connectivity index (χ4n) is 1.35. The molecular formula is C5H10N8. The Labute approximate surface area is 74.2 Å². The summed E-state index contributed by atoms with van der Waals surface area (Å²) in [6.07, 6.45) is -0.826. The zero-order valence-electron chi connectivity index (χ0n) is 6.78. The molecule has 2 heterocycles. The van der Waals surface area contributed by atoms with Crippen LogP contribution in [-0.4, -0.2) is 19.1 Å². The molecule has 0 radical (unpaired) electrons. The van der Waals surface area contributed by atoms with Crippen LogP contribution in [0.5, 0.6) is 0 Å². The summed E-state index contributed by atoms with van der Waals surface area (Å²) in [7, 11) is 0. The van der Waals surface area contributed by atoms with Crippen LogP contribution in [0.4, 0.5) is 0 Å². The molecule has 0 saturated heterocycles. The first-order valence-electron chi connectivity index (χ1n) is 3.85. The van der Waals surface area contributed by atoms with Crippen LogP contribution in [0.25, 0.3) is 10.4 Å². The Morgan fingerprint density at radius 1 is 1.54 bits per heavy atom. The predicted octanol–water partition coefficient (Wildman–Crippen LogP) is -1.62. The summed E-state index contributed by atoms with van der Waals surface area (Å²) in [5.74, 6) is 0.795. The van der Waals surface area contributed by atoms with E-state index in [1.807, 2.05) is 0 Å². The zero-order chi connectivity index (χ0) is 9.26. The molecule has 2 aliphatic rings. The highest BCUT2D eigenvalue weighted by atomic mass is 15.4. The minimum absolute atomic E-state index is 0.332. The highest BCUT2D eigenvalue weighted by Gasteiger charge is 2.27. The van der Waals surface area contributed by atoms with Gasteiger partial charge in [-0.2, -0.15) is 0 Å². The van der Waals surface area contributed by atoms with Gasteiger partial charge >= 0.3 is 0 Å². The van der Waals surface area contributed by atoms with E-state index in [4.69, 9.17) is 11.3 Å². The topological polar surface area (TPSA) is 123 Å². The lowest BCUT2D eigenvalue weighted by molar-refractivity contribution is 0.390. The van der Waals surface area contributed by atoms with Crippen molar-refractivity contribution in [2.75, 3.05) is 6.67 Å². The van der Waals surface area contributed by atoms with E-state index in [9.17, 15) is 0 Å². The summed E-state index contributed by atoms with van der Waals surface area (Å²) >= 11 is 0. The van der Waals surface area contributed by atoms with E-state index in [0.29, 0.717) is 6.67 Å². The Bertz CT molecular complexity index is 289. The highest BCUT2D eigenvalue weighted by molar-refractivity contribution is 5.22. The maximum atomic E-state index is 8.23. The van der Waals surface area contributed by atoms with Crippen LogP contribution < -0.4 is 27.0 Å². The van der Waals surface area contributed by atoms with Crippen LogP contribution in [0.15, 0.2) is 16.6 Å². The Morgan fingerprint density at radius 2 is 2.38 bits per heavy atom. The average molecular weight is 182 g/mol. The van der Waals surface area contributed by atoms with Gasteiger partial charge in [-0.1, -0.05) is 5.11 Å². The van der Waals surface area contributed by atoms with Gasteiger partial charge in [0.15, 0.2) is 6.29 Å². The van der Waals surface area contributed by atoms with E-state index < -0.39 is 6.29 Å². The second kappa shape index (κ2) is 3.02. The fourth-order valence-corrected chi connectivity index (χ4v) is 1.35. The molecule has 0 bridgehead atoms. The third kappa shape index (κ3) is 1.33. The molecule has 0 fully saturated rings. The van der Waals surface area contributed by atoms with Crippen molar-refractivity contribution in [2.24, 2.45) is 10.8 Å². The van der Waals surface area contributed by atoms with Gasteiger partial charge in [0.1, 0.15) is 12.0 Å². The van der Waals surface area contributed by atoms with Crippen LogP contribution >= 0.6 is 0 Å². The summed E-state index contributed by atoms with van der Waals surface area (Å²) < 4.78 is 0. The first-order chi connectivity index (χ1) is 6.31. The number of nitrogens with two attached hydrogens (primary N) is 1. The van der Waals surface area contributed by atoms with Crippen molar-refractivity contribution in [1.82, 2.24) is 21.3 Å². The lowest BCUT2D eigenvalue weighted by Crippen LogP contribution is -2.56. The smallest absolute Gasteiger partial charge is 0.160 e. The fraction of sp³-hybridized carbons (Fsp3) is 0.600. The van der Waals surface area contributed by atoms with Crippen molar-refractivity contribution >= 4 is 0 Å². The van der Waals surface area contributed by atoms with Gasteiger partial charge in [-0.05, 0) is 5.53 Å². The Balaban J connectivity index is 2.17. The first-order valence-corrected chi connectivity index (χ1v) is 3.85. The van der Waals surface area contributed by atoms with Crippen LogP contribution in [-0.2, 0) is 0 Å². The third-order valence-corrected chi connectivity index (χ3v) is 1.91. The van der Waals surface area contributed by atoms with Gasteiger partial charge in [-0.25, -0.2) is 0 Å². The molecule has 8 nitrogen and oxygen atoms in total. The first kappa shape index (κ1) is 7.99. The SMILES string of the molecule is [N-]=[N+]=NC1NC2=C(NCN2)C(N)N1. The Morgan fingerprint density at radius 3 is 3.15 bits per heavy atom. The minimum atomic E-state index is -0.494. The van der Waals surface area contributed by atoms with Crippen LogP contribution in [0.1, 0.15) is 0 Å². The quantitative estimate of drug-likeness (QED) is 0.189. The lowest BCUT2D eigenvalue weighted by atomic mass is 10.3. The molecule has 13 heavy (non-hydrogen) atoms. The van der Waals surface area contributed by atoms with Crippen molar-refractivity contribution in [3.8, 4) is 0 Å². The summed E-state index contributed by atoms with van der Waals surface area (Å²) in [6, 6.07) is 0. The standard InChI is InChI=1S/C5H10N8/c6-3-2-4(9-1-8-2)11-5(10-3)12-13-7/h3,5,8-11H,1,6H2. The van der Waals surface area contributed by atoms with E-state index in [0.717, 1.165) is 11.5 Å². The number of hydrogen-bond acceptors (Lipinski definition) is 6. The molecule has 6 N–H and O–H groups in total. The van der Waals surface area contributed by atoms with Crippen LogP contribution in [0, 0.1) is 0 Å². The van der Waals surface area contributed by atoms with Crippen molar-refractivity contribution < 1.29 is 0 Å².